The third-order valence-corrected chi connectivity index (χ3v) is 4.81. The van der Waals surface area contributed by atoms with Crippen LogP contribution in [0.1, 0.15) is 37.7 Å². The number of hydrogen-bond donors (Lipinski definition) is 1. The molecule has 0 radical (unpaired) electrons. The van der Waals surface area contributed by atoms with Gasteiger partial charge < -0.3 is 5.32 Å². The van der Waals surface area contributed by atoms with Crippen molar-refractivity contribution < 1.29 is 0 Å². The average Bonchev–Trinajstić information content (AvgIpc) is 2.88. The van der Waals surface area contributed by atoms with E-state index in [-0.39, 0.29) is 0 Å². The smallest absolute Gasteiger partial charge is 0.0595 e. The molecule has 1 nitrogen and oxygen atoms in total. The second kappa shape index (κ2) is 6.79. The first-order valence-electron chi connectivity index (χ1n) is 6.82. The first-order chi connectivity index (χ1) is 8.70. The first-order valence-corrected chi connectivity index (χ1v) is 7.57. The molecule has 0 heterocycles. The van der Waals surface area contributed by atoms with Crippen molar-refractivity contribution in [1.82, 2.24) is 5.32 Å². The lowest BCUT2D eigenvalue weighted by atomic mass is 9.92. The standard InChI is InChI=1S/C15H21Cl2N/c1-18-15(12-4-2-3-5-12)9-7-11-6-8-13(16)14(17)10-11/h6,8,10,12,15,18H,2-5,7,9H2,1H3. The SMILES string of the molecule is CNC(CCc1ccc(Cl)c(Cl)c1)C1CCCC1. The molecule has 1 aromatic carbocycles. The predicted molar refractivity (Wildman–Crippen MR) is 79.6 cm³/mol. The zero-order valence-corrected chi connectivity index (χ0v) is 12.4. The molecule has 1 aliphatic rings. The molecule has 0 aliphatic heterocycles. The van der Waals surface area contributed by atoms with E-state index in [2.05, 4.69) is 18.4 Å². The quantitative estimate of drug-likeness (QED) is 0.827. The summed E-state index contributed by atoms with van der Waals surface area (Å²) in [5.41, 5.74) is 1.28. The van der Waals surface area contributed by atoms with Crippen LogP contribution in [0.5, 0.6) is 0 Å². The van der Waals surface area contributed by atoms with E-state index in [1.54, 1.807) is 0 Å². The van der Waals surface area contributed by atoms with Gasteiger partial charge in [0.25, 0.3) is 0 Å². The van der Waals surface area contributed by atoms with Gasteiger partial charge in [0.1, 0.15) is 0 Å². The highest BCUT2D eigenvalue weighted by atomic mass is 35.5. The minimum absolute atomic E-state index is 0.640. The maximum atomic E-state index is 6.04. The second-order valence-corrected chi connectivity index (χ2v) is 6.04. The van der Waals surface area contributed by atoms with Gasteiger partial charge in [0, 0.05) is 6.04 Å². The highest BCUT2D eigenvalue weighted by Gasteiger charge is 2.23. The normalized spacial score (nSPS) is 18.2. The third-order valence-electron chi connectivity index (χ3n) is 4.07. The van der Waals surface area contributed by atoms with Gasteiger partial charge in [0.2, 0.25) is 0 Å². The monoisotopic (exact) mass is 285 g/mol. The van der Waals surface area contributed by atoms with Gasteiger partial charge in [-0.25, -0.2) is 0 Å². The molecular weight excluding hydrogens is 265 g/mol. The molecule has 1 aromatic rings. The van der Waals surface area contributed by atoms with Crippen LogP contribution in [-0.2, 0) is 6.42 Å². The van der Waals surface area contributed by atoms with Gasteiger partial charge in [-0.3, -0.25) is 0 Å². The van der Waals surface area contributed by atoms with Crippen molar-refractivity contribution >= 4 is 23.2 Å². The lowest BCUT2D eigenvalue weighted by Gasteiger charge is -2.22. The van der Waals surface area contributed by atoms with E-state index in [0.29, 0.717) is 16.1 Å². The van der Waals surface area contributed by atoms with Gasteiger partial charge in [0.15, 0.2) is 0 Å². The highest BCUT2D eigenvalue weighted by Crippen LogP contribution is 2.30. The summed E-state index contributed by atoms with van der Waals surface area (Å²) >= 11 is 12.0. The average molecular weight is 286 g/mol. The summed E-state index contributed by atoms with van der Waals surface area (Å²) in [6.45, 7) is 0. The molecule has 1 atom stereocenters. The van der Waals surface area contributed by atoms with Gasteiger partial charge in [-0.2, -0.15) is 0 Å². The largest absolute Gasteiger partial charge is 0.317 e. The molecule has 0 bridgehead atoms. The lowest BCUT2D eigenvalue weighted by molar-refractivity contribution is 0.360. The Morgan fingerprint density at radius 2 is 1.94 bits per heavy atom. The fourth-order valence-corrected chi connectivity index (χ4v) is 3.31. The molecule has 1 N–H and O–H groups in total. The number of benzene rings is 1. The minimum atomic E-state index is 0.640. The molecule has 0 spiro atoms. The number of hydrogen-bond acceptors (Lipinski definition) is 1. The van der Waals surface area contributed by atoms with E-state index in [4.69, 9.17) is 23.2 Å². The molecule has 18 heavy (non-hydrogen) atoms. The number of aryl methyl sites for hydroxylation is 1. The van der Waals surface area contributed by atoms with Crippen molar-refractivity contribution in [2.75, 3.05) is 7.05 Å². The Morgan fingerprint density at radius 3 is 2.56 bits per heavy atom. The predicted octanol–water partition coefficient (Wildman–Crippen LogP) is 4.70. The maximum absolute atomic E-state index is 6.04. The van der Waals surface area contributed by atoms with E-state index >= 15 is 0 Å². The van der Waals surface area contributed by atoms with E-state index in [9.17, 15) is 0 Å². The van der Waals surface area contributed by atoms with Crippen molar-refractivity contribution in [2.45, 2.75) is 44.6 Å². The molecule has 1 saturated carbocycles. The van der Waals surface area contributed by atoms with Crippen LogP contribution >= 0.6 is 23.2 Å². The van der Waals surface area contributed by atoms with E-state index in [1.165, 1.54) is 37.7 Å². The van der Waals surface area contributed by atoms with Gasteiger partial charge in [-0.15, -0.1) is 0 Å². The van der Waals surface area contributed by atoms with Gasteiger partial charge in [-0.05, 0) is 56.3 Å². The lowest BCUT2D eigenvalue weighted by Crippen LogP contribution is -2.32. The summed E-state index contributed by atoms with van der Waals surface area (Å²) in [6.07, 6.45) is 7.81. The van der Waals surface area contributed by atoms with Crippen molar-refractivity contribution in [3.8, 4) is 0 Å². The Morgan fingerprint density at radius 1 is 1.22 bits per heavy atom. The Labute approximate surface area is 120 Å². The summed E-state index contributed by atoms with van der Waals surface area (Å²) in [5.74, 6) is 0.859. The minimum Gasteiger partial charge on any atom is -0.317 e. The van der Waals surface area contributed by atoms with Crippen LogP contribution in [0.2, 0.25) is 10.0 Å². The molecule has 0 aromatic heterocycles. The first kappa shape index (κ1) is 14.2. The fraction of sp³-hybridized carbons (Fsp3) is 0.600. The Bertz CT molecular complexity index is 386. The summed E-state index contributed by atoms with van der Waals surface area (Å²) < 4.78 is 0. The number of rotatable bonds is 5. The number of nitrogens with one attached hydrogen (secondary N) is 1. The van der Waals surface area contributed by atoms with E-state index in [1.807, 2.05) is 12.1 Å². The van der Waals surface area contributed by atoms with Crippen LogP contribution in [0.3, 0.4) is 0 Å². The molecule has 1 aliphatic carbocycles. The van der Waals surface area contributed by atoms with Crippen LogP contribution in [0.4, 0.5) is 0 Å². The molecule has 100 valence electrons. The highest BCUT2D eigenvalue weighted by molar-refractivity contribution is 6.42. The zero-order valence-electron chi connectivity index (χ0n) is 10.9. The van der Waals surface area contributed by atoms with Crippen LogP contribution in [-0.4, -0.2) is 13.1 Å². The molecule has 0 saturated heterocycles. The van der Waals surface area contributed by atoms with Crippen molar-refractivity contribution in [3.05, 3.63) is 33.8 Å². The third kappa shape index (κ3) is 3.63. The Balaban J connectivity index is 1.90. The summed E-state index contributed by atoms with van der Waals surface area (Å²) in [5, 5.41) is 4.78. The summed E-state index contributed by atoms with van der Waals surface area (Å²) in [6, 6.07) is 6.60. The molecule has 1 unspecified atom stereocenters. The maximum Gasteiger partial charge on any atom is 0.0595 e. The number of halogens is 2. The molecule has 2 rings (SSSR count). The Hall–Kier alpha value is -0.240. The molecule has 0 amide bonds. The Kier molecular flexibility index (Phi) is 5.35. The second-order valence-electron chi connectivity index (χ2n) is 5.23. The van der Waals surface area contributed by atoms with Crippen LogP contribution in [0.25, 0.3) is 0 Å². The van der Waals surface area contributed by atoms with Crippen molar-refractivity contribution in [2.24, 2.45) is 5.92 Å². The van der Waals surface area contributed by atoms with Crippen molar-refractivity contribution in [3.63, 3.8) is 0 Å². The van der Waals surface area contributed by atoms with Crippen LogP contribution < -0.4 is 5.32 Å². The van der Waals surface area contributed by atoms with Gasteiger partial charge >= 0.3 is 0 Å². The molecular formula is C15H21Cl2N. The van der Waals surface area contributed by atoms with Gasteiger partial charge in [-0.1, -0.05) is 42.1 Å². The van der Waals surface area contributed by atoms with Crippen LogP contribution in [0, 0.1) is 5.92 Å². The topological polar surface area (TPSA) is 12.0 Å². The zero-order chi connectivity index (χ0) is 13.0. The van der Waals surface area contributed by atoms with Crippen molar-refractivity contribution in [1.29, 1.82) is 0 Å². The van der Waals surface area contributed by atoms with E-state index < -0.39 is 0 Å². The molecule has 1 fully saturated rings. The van der Waals surface area contributed by atoms with Gasteiger partial charge in [0.05, 0.1) is 10.0 Å². The van der Waals surface area contributed by atoms with E-state index in [0.717, 1.165) is 12.3 Å². The van der Waals surface area contributed by atoms with Crippen LogP contribution in [0.15, 0.2) is 18.2 Å². The summed E-state index contributed by atoms with van der Waals surface area (Å²) in [4.78, 5) is 0. The molecule has 3 heteroatoms. The summed E-state index contributed by atoms with van der Waals surface area (Å²) in [7, 11) is 2.08. The fourth-order valence-electron chi connectivity index (χ4n) is 2.99.